The van der Waals surface area contributed by atoms with Gasteiger partial charge in [-0.05, 0) is 36.8 Å². The predicted molar refractivity (Wildman–Crippen MR) is 112 cm³/mol. The van der Waals surface area contributed by atoms with Gasteiger partial charge in [-0.3, -0.25) is 5.43 Å². The van der Waals surface area contributed by atoms with E-state index in [1.165, 1.54) is 23.5 Å². The van der Waals surface area contributed by atoms with Gasteiger partial charge in [0.25, 0.3) is 0 Å². The molecule has 0 amide bonds. The predicted octanol–water partition coefficient (Wildman–Crippen LogP) is 2.71. The zero-order valence-electron chi connectivity index (χ0n) is 15.7. The van der Waals surface area contributed by atoms with Gasteiger partial charge < -0.3 is 14.5 Å². The summed E-state index contributed by atoms with van der Waals surface area (Å²) in [5, 5.41) is 5.01. The van der Waals surface area contributed by atoms with Gasteiger partial charge in [-0.2, -0.15) is 5.10 Å². The van der Waals surface area contributed by atoms with Gasteiger partial charge in [0.2, 0.25) is 0 Å². The Morgan fingerprint density at radius 3 is 2.86 bits per heavy atom. The molecule has 3 heterocycles. The van der Waals surface area contributed by atoms with Crippen molar-refractivity contribution in [2.75, 3.05) is 37.7 Å². The molecule has 0 atom stereocenters. The Morgan fingerprint density at radius 1 is 1.25 bits per heavy atom. The molecule has 1 aromatic heterocycles. The molecule has 2 aliphatic heterocycles. The molecule has 2 aromatic rings. The van der Waals surface area contributed by atoms with Crippen LogP contribution in [0.15, 0.2) is 41.6 Å². The lowest BCUT2D eigenvalue weighted by Crippen LogP contribution is -2.51. The van der Waals surface area contributed by atoms with Crippen LogP contribution in [0.25, 0.3) is 0 Å². The summed E-state index contributed by atoms with van der Waals surface area (Å²) in [6.07, 6.45) is 1.77. The Hall–Kier alpha value is -2.74. The fraction of sp³-hybridized carbons (Fsp3) is 0.350. The summed E-state index contributed by atoms with van der Waals surface area (Å²) in [5.74, 6) is -0.000511. The third kappa shape index (κ3) is 4.06. The highest BCUT2D eigenvalue weighted by molar-refractivity contribution is 7.80. The molecule has 0 unspecified atom stereocenters. The first-order valence-electron chi connectivity index (χ1n) is 9.32. The molecule has 1 N–H and O–H groups in total. The molecule has 4 rings (SSSR count). The third-order valence-corrected chi connectivity index (χ3v) is 5.26. The number of halogens is 1. The Labute approximate surface area is 169 Å². The molecule has 6 nitrogen and oxygen atoms in total. The number of rotatable bonds is 2. The molecule has 1 aromatic carbocycles. The topological polar surface area (TPSA) is 53.0 Å². The number of fused-ring (bicyclic) bond motifs is 1. The molecule has 1 fully saturated rings. The number of nitrogens with one attached hydrogen (secondary N) is 1. The van der Waals surface area contributed by atoms with Gasteiger partial charge in [-0.15, -0.1) is 0 Å². The first kappa shape index (κ1) is 18.6. The van der Waals surface area contributed by atoms with Crippen LogP contribution in [-0.2, 0) is 0 Å². The van der Waals surface area contributed by atoms with Crippen LogP contribution in [0.4, 0.5) is 10.1 Å². The lowest BCUT2D eigenvalue weighted by Gasteiger charge is -2.37. The zero-order chi connectivity index (χ0) is 19.5. The number of piperazine rings is 1. The van der Waals surface area contributed by atoms with Gasteiger partial charge in [-0.1, -0.05) is 12.1 Å². The van der Waals surface area contributed by atoms with Crippen LogP contribution in [0.5, 0.6) is 5.75 Å². The summed E-state index contributed by atoms with van der Waals surface area (Å²) < 4.78 is 18.8. The van der Waals surface area contributed by atoms with Crippen molar-refractivity contribution >= 4 is 28.7 Å². The largest absolute Gasteiger partial charge is 0.491 e. The fourth-order valence-corrected chi connectivity index (χ4v) is 3.64. The second-order valence-corrected chi connectivity index (χ2v) is 7.27. The van der Waals surface area contributed by atoms with Crippen LogP contribution < -0.4 is 15.1 Å². The van der Waals surface area contributed by atoms with Crippen LogP contribution >= 0.6 is 12.2 Å². The van der Waals surface area contributed by atoms with E-state index in [9.17, 15) is 4.39 Å². The highest BCUT2D eigenvalue weighted by Gasteiger charge is 2.21. The molecular formula is C20H22FN5OS. The van der Waals surface area contributed by atoms with Crippen LogP contribution in [0, 0.1) is 12.7 Å². The van der Waals surface area contributed by atoms with Crippen molar-refractivity contribution in [3.63, 3.8) is 0 Å². The lowest BCUT2D eigenvalue weighted by molar-refractivity contribution is 0.316. The van der Waals surface area contributed by atoms with Crippen molar-refractivity contribution in [2.45, 2.75) is 13.3 Å². The second kappa shape index (κ2) is 8.10. The van der Waals surface area contributed by atoms with Gasteiger partial charge in [0.15, 0.2) is 5.11 Å². The van der Waals surface area contributed by atoms with E-state index in [0.717, 1.165) is 31.9 Å². The SMILES string of the molecule is Cc1cccc(N2CCN(C(=S)N/N=C3/CCOc4cc(F)cnc43)CC2)c1. The molecule has 1 saturated heterocycles. The van der Waals surface area contributed by atoms with Gasteiger partial charge in [0.05, 0.1) is 18.5 Å². The summed E-state index contributed by atoms with van der Waals surface area (Å²) in [6.45, 7) is 6.01. The monoisotopic (exact) mass is 399 g/mol. The Kier molecular flexibility index (Phi) is 5.38. The Balaban J connectivity index is 1.36. The molecule has 0 spiro atoms. The minimum absolute atomic E-state index is 0.421. The van der Waals surface area contributed by atoms with Crippen molar-refractivity contribution in [3.05, 3.63) is 53.6 Å². The van der Waals surface area contributed by atoms with Crippen molar-refractivity contribution in [3.8, 4) is 5.75 Å². The first-order valence-corrected chi connectivity index (χ1v) is 9.73. The number of hydrogen-bond acceptors (Lipinski definition) is 5. The molecule has 28 heavy (non-hydrogen) atoms. The molecule has 8 heteroatoms. The van der Waals surface area contributed by atoms with E-state index in [2.05, 4.69) is 56.5 Å². The van der Waals surface area contributed by atoms with Crippen LogP contribution in [0.3, 0.4) is 0 Å². The van der Waals surface area contributed by atoms with E-state index in [1.54, 1.807) is 0 Å². The number of anilines is 1. The normalized spacial score (nSPS) is 17.9. The summed E-state index contributed by atoms with van der Waals surface area (Å²) in [6, 6.07) is 9.88. The van der Waals surface area contributed by atoms with E-state index in [-0.39, 0.29) is 0 Å². The minimum Gasteiger partial charge on any atom is -0.491 e. The maximum atomic E-state index is 13.3. The van der Waals surface area contributed by atoms with E-state index in [0.29, 0.717) is 29.6 Å². The number of hydrogen-bond donors (Lipinski definition) is 1. The molecule has 0 radical (unpaired) electrons. The summed E-state index contributed by atoms with van der Waals surface area (Å²) >= 11 is 5.52. The lowest BCUT2D eigenvalue weighted by atomic mass is 10.1. The van der Waals surface area contributed by atoms with Crippen molar-refractivity contribution < 1.29 is 9.13 Å². The van der Waals surface area contributed by atoms with E-state index in [4.69, 9.17) is 17.0 Å². The molecule has 0 aliphatic carbocycles. The summed E-state index contributed by atoms with van der Waals surface area (Å²) in [7, 11) is 0. The maximum absolute atomic E-state index is 13.3. The number of hydrazone groups is 1. The van der Waals surface area contributed by atoms with E-state index >= 15 is 0 Å². The van der Waals surface area contributed by atoms with Gasteiger partial charge >= 0.3 is 0 Å². The number of benzene rings is 1. The average Bonchev–Trinajstić information content (AvgIpc) is 2.72. The number of aromatic nitrogens is 1. The number of ether oxygens (including phenoxy) is 1. The van der Waals surface area contributed by atoms with Gasteiger partial charge in [-0.25, -0.2) is 9.37 Å². The van der Waals surface area contributed by atoms with Crippen molar-refractivity contribution in [1.29, 1.82) is 0 Å². The molecule has 0 bridgehead atoms. The Bertz CT molecular complexity index is 911. The van der Waals surface area contributed by atoms with Gasteiger partial charge in [0, 0.05) is 44.4 Å². The second-order valence-electron chi connectivity index (χ2n) is 6.89. The molecule has 2 aliphatic rings. The summed E-state index contributed by atoms with van der Waals surface area (Å²) in [5.41, 5.74) is 6.77. The standard InChI is InChI=1S/C20H22FN5OS/c1-14-3-2-4-16(11-14)25-6-8-26(9-7-25)20(28)24-23-17-5-10-27-18-12-15(21)13-22-19(17)18/h2-4,11-13H,5-10H2,1H3,(H,24,28)/b23-17-. The first-order chi connectivity index (χ1) is 13.6. The van der Waals surface area contributed by atoms with E-state index in [1.807, 2.05) is 0 Å². The van der Waals surface area contributed by atoms with Crippen LogP contribution in [0.1, 0.15) is 17.7 Å². The number of thiocarbonyl (C=S) groups is 1. The van der Waals surface area contributed by atoms with E-state index < -0.39 is 5.82 Å². The summed E-state index contributed by atoms with van der Waals surface area (Å²) in [4.78, 5) is 8.59. The molecular weight excluding hydrogens is 377 g/mol. The van der Waals surface area contributed by atoms with Crippen LogP contribution in [0.2, 0.25) is 0 Å². The third-order valence-electron chi connectivity index (χ3n) is 4.91. The molecule has 0 saturated carbocycles. The van der Waals surface area contributed by atoms with Gasteiger partial charge in [0.1, 0.15) is 17.3 Å². The maximum Gasteiger partial charge on any atom is 0.189 e. The zero-order valence-corrected chi connectivity index (χ0v) is 16.5. The number of nitrogens with zero attached hydrogens (tertiary/aromatic N) is 4. The Morgan fingerprint density at radius 2 is 2.07 bits per heavy atom. The van der Waals surface area contributed by atoms with Crippen molar-refractivity contribution in [2.24, 2.45) is 5.10 Å². The number of pyridine rings is 1. The highest BCUT2D eigenvalue weighted by Crippen LogP contribution is 2.23. The minimum atomic E-state index is -0.421. The highest BCUT2D eigenvalue weighted by atomic mass is 32.1. The number of aryl methyl sites for hydroxylation is 1. The molecule has 146 valence electrons. The average molecular weight is 399 g/mol. The van der Waals surface area contributed by atoms with Crippen LogP contribution in [-0.4, -0.2) is 53.5 Å². The fourth-order valence-electron chi connectivity index (χ4n) is 3.41. The quantitative estimate of drug-likeness (QED) is 0.619. The van der Waals surface area contributed by atoms with Crippen molar-refractivity contribution in [1.82, 2.24) is 15.3 Å². The smallest absolute Gasteiger partial charge is 0.189 e.